The maximum atomic E-state index is 12.0. The Morgan fingerprint density at radius 2 is 2.08 bits per heavy atom. The van der Waals surface area contributed by atoms with Gasteiger partial charge in [0.1, 0.15) is 6.26 Å². The molecule has 0 unspecified atom stereocenters. The lowest BCUT2D eigenvalue weighted by molar-refractivity contribution is -0.142. The first-order chi connectivity index (χ1) is 12.1. The molecular weight excluding hydrogens is 340 g/mol. The summed E-state index contributed by atoms with van der Waals surface area (Å²) in [5, 5.41) is 12.0. The first kappa shape index (κ1) is 17.5. The fourth-order valence-electron chi connectivity index (χ4n) is 3.01. The highest BCUT2D eigenvalue weighted by Gasteiger charge is 2.33. The van der Waals surface area contributed by atoms with E-state index in [0.29, 0.717) is 18.1 Å². The van der Waals surface area contributed by atoms with Crippen LogP contribution in [0.2, 0.25) is 0 Å². The number of nitrogens with zero attached hydrogens (tertiary/aromatic N) is 1. The highest BCUT2D eigenvalue weighted by Crippen LogP contribution is 2.26. The maximum Gasteiger partial charge on any atom is 0.308 e. The van der Waals surface area contributed by atoms with Crippen LogP contribution in [0.1, 0.15) is 25.0 Å². The monoisotopic (exact) mass is 360 g/mol. The molecule has 1 saturated carbocycles. The van der Waals surface area contributed by atoms with E-state index in [2.05, 4.69) is 10.3 Å². The van der Waals surface area contributed by atoms with Crippen molar-refractivity contribution in [1.29, 1.82) is 0 Å². The molecule has 3 rings (SSSR count). The van der Waals surface area contributed by atoms with Gasteiger partial charge in [-0.05, 0) is 25.0 Å². The number of carboxylic acid groups (broad SMARTS) is 1. The zero-order valence-corrected chi connectivity index (χ0v) is 14.5. The third kappa shape index (κ3) is 4.63. The van der Waals surface area contributed by atoms with Crippen LogP contribution in [0.4, 0.5) is 0 Å². The Labute approximate surface area is 150 Å². The van der Waals surface area contributed by atoms with Gasteiger partial charge in [0.25, 0.3) is 0 Å². The lowest BCUT2D eigenvalue weighted by Crippen LogP contribution is -2.41. The van der Waals surface area contributed by atoms with Crippen molar-refractivity contribution in [3.8, 4) is 11.5 Å². The van der Waals surface area contributed by atoms with Gasteiger partial charge < -0.3 is 14.8 Å². The number of hydrogen-bond acceptors (Lipinski definition) is 5. The Morgan fingerprint density at radius 1 is 1.28 bits per heavy atom. The second-order valence-electron chi connectivity index (χ2n) is 6.05. The highest BCUT2D eigenvalue weighted by atomic mass is 32.2. The Hall–Kier alpha value is -2.28. The Balaban J connectivity index is 1.44. The summed E-state index contributed by atoms with van der Waals surface area (Å²) in [7, 11) is 0. The third-order valence-corrected chi connectivity index (χ3v) is 5.20. The molecular formula is C18H20N2O4S. The van der Waals surface area contributed by atoms with Gasteiger partial charge in [-0.2, -0.15) is 0 Å². The molecule has 0 bridgehead atoms. The molecule has 7 heteroatoms. The molecule has 1 fully saturated rings. The van der Waals surface area contributed by atoms with E-state index in [9.17, 15) is 9.59 Å². The SMILES string of the molecule is O=C(CSCc1coc(-c2ccccc2)n1)N[C@H]1CCC[C@H]1C(=O)O. The number of carbonyl (C=O) groups excluding carboxylic acids is 1. The number of aromatic nitrogens is 1. The van der Waals surface area contributed by atoms with E-state index >= 15 is 0 Å². The Bertz CT molecular complexity index is 732. The highest BCUT2D eigenvalue weighted by molar-refractivity contribution is 7.99. The van der Waals surface area contributed by atoms with Gasteiger partial charge in [0.15, 0.2) is 0 Å². The summed E-state index contributed by atoms with van der Waals surface area (Å²) in [6, 6.07) is 9.38. The van der Waals surface area contributed by atoms with E-state index in [0.717, 1.165) is 24.1 Å². The molecule has 2 atom stereocenters. The molecule has 1 aliphatic carbocycles. The number of aliphatic carboxylic acids is 1. The minimum Gasteiger partial charge on any atom is -0.481 e. The van der Waals surface area contributed by atoms with E-state index in [-0.39, 0.29) is 17.7 Å². The number of oxazole rings is 1. The Morgan fingerprint density at radius 3 is 2.84 bits per heavy atom. The molecule has 1 aliphatic rings. The quantitative estimate of drug-likeness (QED) is 0.789. The first-order valence-corrected chi connectivity index (χ1v) is 9.38. The van der Waals surface area contributed by atoms with Crippen LogP contribution >= 0.6 is 11.8 Å². The molecule has 132 valence electrons. The molecule has 6 nitrogen and oxygen atoms in total. The second kappa shape index (κ2) is 8.20. The number of rotatable bonds is 7. The van der Waals surface area contributed by atoms with E-state index in [4.69, 9.17) is 9.52 Å². The largest absolute Gasteiger partial charge is 0.481 e. The van der Waals surface area contributed by atoms with Crippen LogP contribution in [0.15, 0.2) is 41.0 Å². The molecule has 0 aliphatic heterocycles. The van der Waals surface area contributed by atoms with Crippen molar-refractivity contribution < 1.29 is 19.1 Å². The fourth-order valence-corrected chi connectivity index (χ4v) is 3.72. The van der Waals surface area contributed by atoms with E-state index in [1.807, 2.05) is 30.3 Å². The molecule has 1 heterocycles. The number of thioether (sulfide) groups is 1. The number of amides is 1. The van der Waals surface area contributed by atoms with Crippen LogP contribution in [0.3, 0.4) is 0 Å². The first-order valence-electron chi connectivity index (χ1n) is 8.23. The zero-order valence-electron chi connectivity index (χ0n) is 13.7. The van der Waals surface area contributed by atoms with Gasteiger partial charge in [0.2, 0.25) is 11.8 Å². The van der Waals surface area contributed by atoms with Crippen LogP contribution in [0, 0.1) is 5.92 Å². The normalized spacial score (nSPS) is 19.7. The molecule has 2 aromatic rings. The van der Waals surface area contributed by atoms with Crippen LogP contribution in [0.25, 0.3) is 11.5 Å². The zero-order chi connectivity index (χ0) is 17.6. The summed E-state index contributed by atoms with van der Waals surface area (Å²) < 4.78 is 5.47. The second-order valence-corrected chi connectivity index (χ2v) is 7.04. The van der Waals surface area contributed by atoms with Gasteiger partial charge in [-0.15, -0.1) is 11.8 Å². The predicted molar refractivity (Wildman–Crippen MR) is 95.0 cm³/mol. The molecule has 1 aromatic heterocycles. The number of nitrogens with one attached hydrogen (secondary N) is 1. The van der Waals surface area contributed by atoms with Crippen molar-refractivity contribution >= 4 is 23.6 Å². The molecule has 1 aromatic carbocycles. The van der Waals surface area contributed by atoms with E-state index in [1.165, 1.54) is 11.8 Å². The van der Waals surface area contributed by atoms with Gasteiger partial charge in [-0.3, -0.25) is 9.59 Å². The average Bonchev–Trinajstić information content (AvgIpc) is 3.25. The van der Waals surface area contributed by atoms with Crippen LogP contribution in [-0.2, 0) is 15.3 Å². The van der Waals surface area contributed by atoms with Crippen molar-refractivity contribution in [2.24, 2.45) is 5.92 Å². The third-order valence-electron chi connectivity index (χ3n) is 4.24. The predicted octanol–water partition coefficient (Wildman–Crippen LogP) is 2.94. The number of hydrogen-bond donors (Lipinski definition) is 2. The number of carbonyl (C=O) groups is 2. The molecule has 1 amide bonds. The van der Waals surface area contributed by atoms with Crippen molar-refractivity contribution in [2.75, 3.05) is 5.75 Å². The van der Waals surface area contributed by atoms with Crippen molar-refractivity contribution in [1.82, 2.24) is 10.3 Å². The average molecular weight is 360 g/mol. The van der Waals surface area contributed by atoms with Gasteiger partial charge >= 0.3 is 5.97 Å². The Kier molecular flexibility index (Phi) is 5.75. The van der Waals surface area contributed by atoms with Crippen molar-refractivity contribution in [3.05, 3.63) is 42.3 Å². The summed E-state index contributed by atoms with van der Waals surface area (Å²) >= 11 is 1.43. The summed E-state index contributed by atoms with van der Waals surface area (Å²) in [5.41, 5.74) is 1.69. The number of carboxylic acids is 1. The van der Waals surface area contributed by atoms with Crippen LogP contribution in [0.5, 0.6) is 0 Å². The van der Waals surface area contributed by atoms with Crippen LogP contribution < -0.4 is 5.32 Å². The van der Waals surface area contributed by atoms with E-state index in [1.54, 1.807) is 6.26 Å². The molecule has 2 N–H and O–H groups in total. The van der Waals surface area contributed by atoms with Crippen molar-refractivity contribution in [3.63, 3.8) is 0 Å². The van der Waals surface area contributed by atoms with Crippen LogP contribution in [-0.4, -0.2) is 33.8 Å². The van der Waals surface area contributed by atoms with Gasteiger partial charge in [0, 0.05) is 17.4 Å². The minimum atomic E-state index is -0.827. The summed E-state index contributed by atoms with van der Waals surface area (Å²) in [6.45, 7) is 0. The minimum absolute atomic E-state index is 0.130. The van der Waals surface area contributed by atoms with Gasteiger partial charge in [-0.25, -0.2) is 4.98 Å². The topological polar surface area (TPSA) is 92.4 Å². The fraction of sp³-hybridized carbons (Fsp3) is 0.389. The molecule has 0 saturated heterocycles. The lowest BCUT2D eigenvalue weighted by atomic mass is 10.0. The molecule has 25 heavy (non-hydrogen) atoms. The van der Waals surface area contributed by atoms with Gasteiger partial charge in [0.05, 0.1) is 17.4 Å². The maximum absolute atomic E-state index is 12.0. The summed E-state index contributed by atoms with van der Waals surface area (Å²) in [4.78, 5) is 27.6. The van der Waals surface area contributed by atoms with E-state index < -0.39 is 11.9 Å². The lowest BCUT2D eigenvalue weighted by Gasteiger charge is -2.17. The standard InChI is InChI=1S/C18H20N2O4S/c21-16(20-15-8-4-7-14(15)18(22)23)11-25-10-13-9-24-17(19-13)12-5-2-1-3-6-12/h1-3,5-6,9,14-15H,4,7-8,10-11H2,(H,20,21)(H,22,23)/t14-,15+/m1/s1. The molecule has 0 radical (unpaired) electrons. The van der Waals surface area contributed by atoms with Crippen molar-refractivity contribution in [2.45, 2.75) is 31.1 Å². The number of benzene rings is 1. The van der Waals surface area contributed by atoms with Gasteiger partial charge in [-0.1, -0.05) is 24.6 Å². The smallest absolute Gasteiger partial charge is 0.308 e. The summed E-state index contributed by atoms with van der Waals surface area (Å²) in [5.74, 6) is -0.0112. The molecule has 0 spiro atoms. The summed E-state index contributed by atoms with van der Waals surface area (Å²) in [6.07, 6.45) is 3.81.